The number of unbranched alkanes of at least 4 members (excludes halogenated alkanes) is 12. The zero-order chi connectivity index (χ0) is 19.8. The van der Waals surface area contributed by atoms with E-state index in [0.717, 1.165) is 12.2 Å². The normalized spacial score (nSPS) is 9.04. The Morgan fingerprint density at radius 1 is 0.600 bits per heavy atom. The highest BCUT2D eigenvalue weighted by molar-refractivity contribution is 5.79. The van der Waals surface area contributed by atoms with Crippen LogP contribution >= 0.6 is 0 Å². The predicted molar refractivity (Wildman–Crippen MR) is 107 cm³/mol. The molecule has 0 heterocycles. The van der Waals surface area contributed by atoms with Crippen LogP contribution in [0.25, 0.3) is 0 Å². The number of rotatable bonds is 14. The van der Waals surface area contributed by atoms with Crippen molar-refractivity contribution in [2.24, 2.45) is 0 Å². The van der Waals surface area contributed by atoms with E-state index in [2.05, 4.69) is 27.0 Å². The molecule has 0 aromatic rings. The number of carboxylic acid groups (broad SMARTS) is 2. The topological polar surface area (TPSA) is 74.6 Å². The van der Waals surface area contributed by atoms with Gasteiger partial charge < -0.3 is 10.2 Å². The van der Waals surface area contributed by atoms with Crippen LogP contribution in [0.3, 0.4) is 0 Å². The molecule has 0 aromatic carbocycles. The molecule has 2 N–H and O–H groups in total. The van der Waals surface area contributed by atoms with Crippen molar-refractivity contribution in [3.05, 3.63) is 25.3 Å². The van der Waals surface area contributed by atoms with Crippen LogP contribution in [-0.4, -0.2) is 22.2 Å². The molecule has 0 aliphatic rings. The molecule has 0 bridgehead atoms. The number of carbonyl (C=O) groups is 2. The van der Waals surface area contributed by atoms with Gasteiger partial charge in [0, 0.05) is 12.2 Å². The van der Waals surface area contributed by atoms with Gasteiger partial charge in [-0.25, -0.2) is 9.59 Å². The van der Waals surface area contributed by atoms with Gasteiger partial charge in [-0.2, -0.15) is 0 Å². The molecule has 0 aliphatic heterocycles. The average molecular weight is 357 g/mol. The molecule has 0 rings (SSSR count). The Morgan fingerprint density at radius 3 is 0.880 bits per heavy atom. The van der Waals surface area contributed by atoms with E-state index >= 15 is 0 Å². The maximum absolute atomic E-state index is 9.25. The third-order valence-electron chi connectivity index (χ3n) is 3.56. The lowest BCUT2D eigenvalue weighted by Crippen LogP contribution is -1.82. The van der Waals surface area contributed by atoms with E-state index in [4.69, 9.17) is 10.2 Å². The summed E-state index contributed by atoms with van der Waals surface area (Å²) in [4.78, 5) is 18.5. The third kappa shape index (κ3) is 45.0. The van der Waals surface area contributed by atoms with Crippen molar-refractivity contribution < 1.29 is 19.8 Å². The molecule has 0 unspecified atom stereocenters. The summed E-state index contributed by atoms with van der Waals surface area (Å²) < 4.78 is 0. The van der Waals surface area contributed by atoms with Crippen LogP contribution in [0, 0.1) is 0 Å². The molecule has 0 fully saturated rings. The lowest BCUT2D eigenvalue weighted by Gasteiger charge is -2.01. The summed E-state index contributed by atoms with van der Waals surface area (Å²) in [6.45, 7) is 10.5. The Hall–Kier alpha value is -1.58. The van der Waals surface area contributed by atoms with Crippen molar-refractivity contribution in [1.29, 1.82) is 0 Å². The van der Waals surface area contributed by atoms with Crippen LogP contribution in [0.2, 0.25) is 0 Å². The van der Waals surface area contributed by atoms with Gasteiger partial charge in [0.05, 0.1) is 0 Å². The fourth-order valence-electron chi connectivity index (χ4n) is 2.09. The van der Waals surface area contributed by atoms with Crippen molar-refractivity contribution in [3.8, 4) is 0 Å². The molecule has 0 atom stereocenters. The van der Waals surface area contributed by atoms with Gasteiger partial charge in [0.1, 0.15) is 0 Å². The first kappa shape index (κ1) is 28.2. The van der Waals surface area contributed by atoms with E-state index in [1.165, 1.54) is 83.5 Å². The fourth-order valence-corrected chi connectivity index (χ4v) is 2.09. The van der Waals surface area contributed by atoms with Gasteiger partial charge in [0.25, 0.3) is 0 Å². The van der Waals surface area contributed by atoms with Crippen molar-refractivity contribution in [3.63, 3.8) is 0 Å². The second kappa shape index (κ2) is 27.3. The van der Waals surface area contributed by atoms with Crippen molar-refractivity contribution in [2.45, 2.75) is 97.3 Å². The maximum atomic E-state index is 9.25. The number of carboxylic acids is 2. The van der Waals surface area contributed by atoms with Gasteiger partial charge in [-0.05, 0) is 0 Å². The number of aliphatic carboxylic acids is 2. The molecule has 4 nitrogen and oxygen atoms in total. The Bertz CT molecular complexity index is 281. The van der Waals surface area contributed by atoms with Crippen molar-refractivity contribution >= 4 is 11.9 Å². The van der Waals surface area contributed by atoms with Crippen LogP contribution < -0.4 is 0 Å². The highest BCUT2D eigenvalue weighted by Gasteiger charge is 1.92. The monoisotopic (exact) mass is 356 g/mol. The second-order valence-electron chi connectivity index (χ2n) is 5.97. The van der Waals surface area contributed by atoms with Gasteiger partial charge in [-0.15, -0.1) is 0 Å². The molecule has 25 heavy (non-hydrogen) atoms. The van der Waals surface area contributed by atoms with Crippen LogP contribution in [0.15, 0.2) is 25.3 Å². The van der Waals surface area contributed by atoms with E-state index < -0.39 is 11.9 Å². The highest BCUT2D eigenvalue weighted by Crippen LogP contribution is 2.12. The largest absolute Gasteiger partial charge is 0.478 e. The Morgan fingerprint density at radius 2 is 0.760 bits per heavy atom. The minimum Gasteiger partial charge on any atom is -0.478 e. The molecule has 148 valence electrons. The zero-order valence-corrected chi connectivity index (χ0v) is 16.5. The standard InChI is InChI=1S/C15H32.2C3H4O2/c1-3-5-7-9-11-13-15-14-12-10-8-6-4-2;2*1-2-3(4)5/h3-15H2,1-2H3;2*2H,1H2,(H,4,5). The van der Waals surface area contributed by atoms with Gasteiger partial charge in [-0.1, -0.05) is 110 Å². The predicted octanol–water partition coefficient (Wildman–Crippen LogP) is 6.61. The molecule has 0 saturated carbocycles. The minimum atomic E-state index is -0.981. The molecule has 0 saturated heterocycles. The van der Waals surface area contributed by atoms with Crippen LogP contribution in [0.4, 0.5) is 0 Å². The quantitative estimate of drug-likeness (QED) is 0.271. The minimum absolute atomic E-state index is 0.833. The Kier molecular flexibility index (Phi) is 30.8. The zero-order valence-electron chi connectivity index (χ0n) is 16.5. The number of hydrogen-bond acceptors (Lipinski definition) is 2. The van der Waals surface area contributed by atoms with Crippen LogP contribution in [0.1, 0.15) is 97.3 Å². The molecular formula is C21H40O4. The van der Waals surface area contributed by atoms with Gasteiger partial charge >= 0.3 is 11.9 Å². The molecule has 0 amide bonds. The molecule has 0 aromatic heterocycles. The lowest BCUT2D eigenvalue weighted by molar-refractivity contribution is -0.132. The van der Waals surface area contributed by atoms with E-state index in [0.29, 0.717) is 0 Å². The Balaban J connectivity index is -0.000000396. The first-order chi connectivity index (χ1) is 12.0. The van der Waals surface area contributed by atoms with Gasteiger partial charge in [-0.3, -0.25) is 0 Å². The Labute approximate surface area is 155 Å². The van der Waals surface area contributed by atoms with Crippen LogP contribution in [0.5, 0.6) is 0 Å². The summed E-state index contributed by atoms with van der Waals surface area (Å²) in [5.41, 5.74) is 0. The first-order valence-corrected chi connectivity index (χ1v) is 9.66. The average Bonchev–Trinajstić information content (AvgIpc) is 2.60. The summed E-state index contributed by atoms with van der Waals surface area (Å²) >= 11 is 0. The van der Waals surface area contributed by atoms with E-state index in [9.17, 15) is 9.59 Å². The van der Waals surface area contributed by atoms with Crippen molar-refractivity contribution in [1.82, 2.24) is 0 Å². The number of hydrogen-bond donors (Lipinski definition) is 2. The fraction of sp³-hybridized carbons (Fsp3) is 0.714. The van der Waals surface area contributed by atoms with Gasteiger partial charge in [0.2, 0.25) is 0 Å². The van der Waals surface area contributed by atoms with Crippen LogP contribution in [-0.2, 0) is 9.59 Å². The SMILES string of the molecule is C=CC(=O)O.C=CC(=O)O.CCCCCCCCCCCCCCC. The van der Waals surface area contributed by atoms with E-state index in [-0.39, 0.29) is 0 Å². The second-order valence-corrected chi connectivity index (χ2v) is 5.97. The molecular weight excluding hydrogens is 316 g/mol. The summed E-state index contributed by atoms with van der Waals surface area (Å²) in [5, 5.41) is 15.2. The van der Waals surface area contributed by atoms with Gasteiger partial charge in [0.15, 0.2) is 0 Å². The smallest absolute Gasteiger partial charge is 0.327 e. The summed E-state index contributed by atoms with van der Waals surface area (Å²) in [7, 11) is 0. The van der Waals surface area contributed by atoms with E-state index in [1.54, 1.807) is 0 Å². The molecule has 4 heteroatoms. The molecule has 0 aliphatic carbocycles. The van der Waals surface area contributed by atoms with Crippen molar-refractivity contribution in [2.75, 3.05) is 0 Å². The van der Waals surface area contributed by atoms with E-state index in [1.807, 2.05) is 0 Å². The summed E-state index contributed by atoms with van der Waals surface area (Å²) in [6, 6.07) is 0. The summed E-state index contributed by atoms with van der Waals surface area (Å²) in [6.07, 6.45) is 20.6. The molecule has 0 spiro atoms. The third-order valence-corrected chi connectivity index (χ3v) is 3.56. The lowest BCUT2D eigenvalue weighted by atomic mass is 10.1. The highest BCUT2D eigenvalue weighted by atomic mass is 16.4. The first-order valence-electron chi connectivity index (χ1n) is 9.66. The molecule has 0 radical (unpaired) electrons. The summed E-state index contributed by atoms with van der Waals surface area (Å²) in [5.74, 6) is -1.96. The maximum Gasteiger partial charge on any atom is 0.327 e.